The van der Waals surface area contributed by atoms with Gasteiger partial charge in [-0.2, -0.15) is 9.97 Å². The van der Waals surface area contributed by atoms with Crippen LogP contribution in [0.1, 0.15) is 19.3 Å². The second-order valence-corrected chi connectivity index (χ2v) is 9.51. The van der Waals surface area contributed by atoms with E-state index in [0.717, 1.165) is 19.4 Å². The molecule has 0 spiro atoms. The first-order chi connectivity index (χ1) is 15.8. The second-order valence-electron chi connectivity index (χ2n) is 9.15. The molecule has 180 valence electrons. The zero-order chi connectivity index (χ0) is 23.2. The van der Waals surface area contributed by atoms with E-state index in [0.29, 0.717) is 13.0 Å². The molecule has 0 bridgehead atoms. The Labute approximate surface area is 193 Å². The smallest absolute Gasteiger partial charge is 0.319 e. The van der Waals surface area contributed by atoms with Gasteiger partial charge in [0.2, 0.25) is 0 Å². The number of ether oxygens (including phenoxy) is 2. The van der Waals surface area contributed by atoms with Gasteiger partial charge in [-0.15, -0.1) is 0 Å². The predicted octanol–water partition coefficient (Wildman–Crippen LogP) is 2.31. The SMILES string of the molecule is OC1(CF)COCCN(c2nc(OC[C@@]34CCCN3C[C@H](F)C4)nc3c(F)c(Cl)ncc23)C1. The van der Waals surface area contributed by atoms with Gasteiger partial charge in [0.05, 0.1) is 30.7 Å². The topological polar surface area (TPSA) is 83.8 Å². The maximum atomic E-state index is 14.9. The van der Waals surface area contributed by atoms with Gasteiger partial charge in [0.25, 0.3) is 0 Å². The number of β-amino-alcohol motifs (C(OH)–C–C–N with tert-alkyl or cyclic N) is 1. The van der Waals surface area contributed by atoms with E-state index in [1.807, 2.05) is 0 Å². The molecule has 0 aliphatic carbocycles. The van der Waals surface area contributed by atoms with Crippen LogP contribution in [0, 0.1) is 5.82 Å². The molecule has 0 radical (unpaired) electrons. The van der Waals surface area contributed by atoms with E-state index < -0.39 is 29.8 Å². The summed E-state index contributed by atoms with van der Waals surface area (Å²) in [6.45, 7) is 0.516. The highest BCUT2D eigenvalue weighted by Crippen LogP contribution is 2.40. The molecule has 3 fully saturated rings. The van der Waals surface area contributed by atoms with Crippen LogP contribution in [0.2, 0.25) is 5.15 Å². The lowest BCUT2D eigenvalue weighted by Gasteiger charge is -2.31. The Kier molecular flexibility index (Phi) is 6.00. The van der Waals surface area contributed by atoms with Crippen LogP contribution in [-0.4, -0.2) is 94.9 Å². The highest BCUT2D eigenvalue weighted by atomic mass is 35.5. The number of nitrogens with zero attached hydrogens (tertiary/aromatic N) is 5. The minimum absolute atomic E-state index is 0.0977. The molecule has 33 heavy (non-hydrogen) atoms. The molecule has 3 saturated heterocycles. The summed E-state index contributed by atoms with van der Waals surface area (Å²) in [5.41, 5.74) is -2.27. The summed E-state index contributed by atoms with van der Waals surface area (Å²) < 4.78 is 53.8. The highest BCUT2D eigenvalue weighted by molar-refractivity contribution is 6.30. The van der Waals surface area contributed by atoms with Crippen LogP contribution in [0.25, 0.3) is 10.9 Å². The third-order valence-corrected chi connectivity index (χ3v) is 7.01. The van der Waals surface area contributed by atoms with Gasteiger partial charge in [0.15, 0.2) is 11.0 Å². The van der Waals surface area contributed by atoms with E-state index in [4.69, 9.17) is 21.1 Å². The van der Waals surface area contributed by atoms with E-state index in [2.05, 4.69) is 19.9 Å². The van der Waals surface area contributed by atoms with E-state index in [-0.39, 0.29) is 60.8 Å². The van der Waals surface area contributed by atoms with Crippen molar-refractivity contribution in [2.45, 2.75) is 36.6 Å². The van der Waals surface area contributed by atoms with Crippen molar-refractivity contribution >= 4 is 28.3 Å². The van der Waals surface area contributed by atoms with Gasteiger partial charge < -0.3 is 19.5 Å². The lowest BCUT2D eigenvalue weighted by Crippen LogP contribution is -2.46. The summed E-state index contributed by atoms with van der Waals surface area (Å²) in [5.74, 6) is -0.606. The zero-order valence-corrected chi connectivity index (χ0v) is 18.7. The molecule has 0 aromatic carbocycles. The molecule has 5 rings (SSSR count). The van der Waals surface area contributed by atoms with Crippen molar-refractivity contribution in [2.75, 3.05) is 57.6 Å². The maximum Gasteiger partial charge on any atom is 0.319 e. The number of aliphatic hydroxyl groups is 1. The Morgan fingerprint density at radius 2 is 2.18 bits per heavy atom. The fourth-order valence-electron chi connectivity index (χ4n) is 5.13. The summed E-state index contributed by atoms with van der Waals surface area (Å²) in [7, 11) is 0. The highest BCUT2D eigenvalue weighted by Gasteiger charge is 2.49. The van der Waals surface area contributed by atoms with E-state index in [9.17, 15) is 18.3 Å². The fourth-order valence-corrected chi connectivity index (χ4v) is 5.27. The monoisotopic (exact) mass is 487 g/mol. The summed E-state index contributed by atoms with van der Waals surface area (Å²) >= 11 is 5.88. The first kappa shape index (κ1) is 22.8. The van der Waals surface area contributed by atoms with Gasteiger partial charge in [-0.3, -0.25) is 4.90 Å². The number of pyridine rings is 1. The molecule has 0 saturated carbocycles. The van der Waals surface area contributed by atoms with Gasteiger partial charge >= 0.3 is 6.01 Å². The summed E-state index contributed by atoms with van der Waals surface area (Å²) in [6.07, 6.45) is 2.53. The van der Waals surface area contributed by atoms with Gasteiger partial charge in [-0.05, 0) is 19.4 Å². The van der Waals surface area contributed by atoms with Gasteiger partial charge in [0, 0.05) is 25.7 Å². The number of fused-ring (bicyclic) bond motifs is 2. The van der Waals surface area contributed by atoms with Gasteiger partial charge in [0.1, 0.15) is 36.4 Å². The van der Waals surface area contributed by atoms with E-state index in [1.54, 1.807) is 4.90 Å². The fraction of sp³-hybridized carbons (Fsp3) is 0.667. The Balaban J connectivity index is 1.51. The Morgan fingerprint density at radius 3 is 3.00 bits per heavy atom. The van der Waals surface area contributed by atoms with Crippen molar-refractivity contribution in [3.05, 3.63) is 17.2 Å². The minimum Gasteiger partial charge on any atom is -0.461 e. The van der Waals surface area contributed by atoms with Crippen LogP contribution < -0.4 is 9.64 Å². The van der Waals surface area contributed by atoms with Crippen molar-refractivity contribution in [1.82, 2.24) is 19.9 Å². The molecule has 5 heterocycles. The summed E-state index contributed by atoms with van der Waals surface area (Å²) in [5, 5.41) is 10.4. The molecule has 3 aliphatic rings. The van der Waals surface area contributed by atoms with Gasteiger partial charge in [-0.1, -0.05) is 11.6 Å². The molecule has 3 aliphatic heterocycles. The largest absolute Gasteiger partial charge is 0.461 e. The summed E-state index contributed by atoms with van der Waals surface area (Å²) in [6, 6.07) is -0.101. The van der Waals surface area contributed by atoms with Crippen LogP contribution in [0.5, 0.6) is 6.01 Å². The van der Waals surface area contributed by atoms with Crippen molar-refractivity contribution in [1.29, 1.82) is 0 Å². The average Bonchev–Trinajstić information content (AvgIpc) is 3.24. The van der Waals surface area contributed by atoms with Crippen LogP contribution in [0.15, 0.2) is 6.20 Å². The molecule has 1 N–H and O–H groups in total. The number of halogens is 4. The number of rotatable bonds is 5. The first-order valence-corrected chi connectivity index (χ1v) is 11.4. The molecule has 1 unspecified atom stereocenters. The Hall–Kier alpha value is -1.95. The molecule has 8 nitrogen and oxygen atoms in total. The van der Waals surface area contributed by atoms with Crippen LogP contribution in [0.4, 0.5) is 19.0 Å². The molecule has 0 amide bonds. The van der Waals surface area contributed by atoms with Crippen LogP contribution in [0.3, 0.4) is 0 Å². The maximum absolute atomic E-state index is 14.9. The number of alkyl halides is 2. The molecule has 3 atom stereocenters. The molecule has 2 aromatic rings. The second kappa shape index (κ2) is 8.68. The third-order valence-electron chi connectivity index (χ3n) is 6.74. The van der Waals surface area contributed by atoms with Crippen LogP contribution >= 0.6 is 11.6 Å². The zero-order valence-electron chi connectivity index (χ0n) is 17.9. The van der Waals surface area contributed by atoms with E-state index in [1.165, 1.54) is 6.20 Å². The quantitative estimate of drug-likeness (QED) is 0.643. The van der Waals surface area contributed by atoms with Gasteiger partial charge in [-0.25, -0.2) is 18.2 Å². The van der Waals surface area contributed by atoms with Crippen molar-refractivity contribution < 1.29 is 27.8 Å². The molecule has 12 heteroatoms. The van der Waals surface area contributed by atoms with Crippen molar-refractivity contribution in [3.63, 3.8) is 0 Å². The lowest BCUT2D eigenvalue weighted by atomic mass is 9.95. The van der Waals surface area contributed by atoms with Crippen molar-refractivity contribution in [2.24, 2.45) is 0 Å². The molecular weight excluding hydrogens is 463 g/mol. The number of aromatic nitrogens is 3. The van der Waals surface area contributed by atoms with Crippen LogP contribution in [-0.2, 0) is 4.74 Å². The predicted molar refractivity (Wildman–Crippen MR) is 115 cm³/mol. The number of anilines is 1. The molecule has 2 aromatic heterocycles. The Bertz CT molecular complexity index is 1050. The Morgan fingerprint density at radius 1 is 1.33 bits per heavy atom. The third kappa shape index (κ3) is 4.20. The normalized spacial score (nSPS) is 30.6. The first-order valence-electron chi connectivity index (χ1n) is 11.0. The number of hydrogen-bond acceptors (Lipinski definition) is 8. The standard InChI is InChI=1S/C21H25ClF3N5O3/c22-17-15(25)16-14(7-26-17)18(29-4-5-32-12-21(31,9-23)10-29)28-19(27-16)33-11-20-2-1-3-30(20)8-13(24)6-20/h7,13,31H,1-6,8-12H2/t13-,20+,21?/m1/s1. The van der Waals surface area contributed by atoms with Crippen molar-refractivity contribution in [3.8, 4) is 6.01 Å². The minimum atomic E-state index is -1.74. The lowest BCUT2D eigenvalue weighted by molar-refractivity contribution is -0.0409. The number of hydrogen-bond donors (Lipinski definition) is 1. The summed E-state index contributed by atoms with van der Waals surface area (Å²) in [4.78, 5) is 16.2. The average molecular weight is 488 g/mol. The molecular formula is C21H25ClF3N5O3. The van der Waals surface area contributed by atoms with E-state index >= 15 is 0 Å².